The van der Waals surface area contributed by atoms with Crippen LogP contribution in [0.25, 0.3) is 0 Å². The molecule has 0 spiro atoms. The van der Waals surface area contributed by atoms with Crippen molar-refractivity contribution in [2.75, 3.05) is 26.2 Å². The maximum Gasteiger partial charge on any atom is 0.303 e. The third kappa shape index (κ3) is 5.14. The zero-order valence-corrected chi connectivity index (χ0v) is 13.1. The number of aryl methyl sites for hydroxylation is 1. The van der Waals surface area contributed by atoms with Gasteiger partial charge < -0.3 is 5.11 Å². The Kier molecular flexibility index (Phi) is 5.76. The lowest BCUT2D eigenvalue weighted by atomic mass is 10.1. The van der Waals surface area contributed by atoms with E-state index in [0.717, 1.165) is 38.3 Å². The van der Waals surface area contributed by atoms with Gasteiger partial charge in [0.2, 0.25) is 0 Å². The molecule has 1 N–H and O–H groups in total. The summed E-state index contributed by atoms with van der Waals surface area (Å²) < 4.78 is 0. The number of rotatable bonds is 6. The van der Waals surface area contributed by atoms with Crippen molar-refractivity contribution in [1.82, 2.24) is 9.80 Å². The van der Waals surface area contributed by atoms with E-state index in [0.29, 0.717) is 12.5 Å². The second-order valence-corrected chi connectivity index (χ2v) is 6.12. The Morgan fingerprint density at radius 1 is 1.10 bits per heavy atom. The normalized spacial score (nSPS) is 17.3. The predicted molar refractivity (Wildman–Crippen MR) is 84.4 cm³/mol. The number of carboxylic acids is 1. The average Bonchev–Trinajstić information content (AvgIpc) is 2.47. The highest BCUT2D eigenvalue weighted by Crippen LogP contribution is 2.12. The first-order valence-corrected chi connectivity index (χ1v) is 7.80. The van der Waals surface area contributed by atoms with Crippen molar-refractivity contribution in [3.8, 4) is 0 Å². The van der Waals surface area contributed by atoms with E-state index in [-0.39, 0.29) is 6.42 Å². The van der Waals surface area contributed by atoms with Crippen LogP contribution in [0.2, 0.25) is 0 Å². The van der Waals surface area contributed by atoms with Crippen LogP contribution in [-0.4, -0.2) is 53.1 Å². The molecule has 2 rings (SSSR count). The molecule has 0 amide bonds. The number of nitrogens with zero attached hydrogens (tertiary/aromatic N) is 2. The van der Waals surface area contributed by atoms with Crippen molar-refractivity contribution < 1.29 is 9.90 Å². The van der Waals surface area contributed by atoms with Gasteiger partial charge in [0.15, 0.2) is 0 Å². The molecule has 0 bridgehead atoms. The monoisotopic (exact) mass is 290 g/mol. The lowest BCUT2D eigenvalue weighted by Gasteiger charge is -2.36. The number of piperazine rings is 1. The van der Waals surface area contributed by atoms with Crippen molar-refractivity contribution in [1.29, 1.82) is 0 Å². The Morgan fingerprint density at radius 2 is 1.67 bits per heavy atom. The first-order chi connectivity index (χ1) is 10.0. The van der Waals surface area contributed by atoms with Crippen LogP contribution in [-0.2, 0) is 17.8 Å². The maximum absolute atomic E-state index is 10.6. The average molecular weight is 290 g/mol. The summed E-state index contributed by atoms with van der Waals surface area (Å²) in [4.78, 5) is 15.6. The quantitative estimate of drug-likeness (QED) is 0.872. The van der Waals surface area contributed by atoms with E-state index >= 15 is 0 Å². The van der Waals surface area contributed by atoms with Crippen LogP contribution in [0.5, 0.6) is 0 Å². The van der Waals surface area contributed by atoms with Gasteiger partial charge in [-0.15, -0.1) is 0 Å². The lowest BCUT2D eigenvalue weighted by molar-refractivity contribution is -0.136. The SMILES string of the molecule is CC(C)N1CCN(Cc2ccc(CCC(=O)O)cc2)CC1. The molecule has 1 fully saturated rings. The van der Waals surface area contributed by atoms with Gasteiger partial charge in [0.1, 0.15) is 0 Å². The third-order valence-corrected chi connectivity index (χ3v) is 4.19. The molecule has 4 heteroatoms. The Balaban J connectivity index is 1.80. The first-order valence-electron chi connectivity index (χ1n) is 7.80. The van der Waals surface area contributed by atoms with E-state index < -0.39 is 5.97 Å². The summed E-state index contributed by atoms with van der Waals surface area (Å²) in [6.07, 6.45) is 0.819. The molecule has 0 radical (unpaired) electrons. The molecule has 0 aliphatic carbocycles. The van der Waals surface area contributed by atoms with Crippen LogP contribution in [0, 0.1) is 0 Å². The van der Waals surface area contributed by atoms with E-state index in [1.165, 1.54) is 5.56 Å². The minimum atomic E-state index is -0.734. The van der Waals surface area contributed by atoms with Crippen molar-refractivity contribution in [3.05, 3.63) is 35.4 Å². The van der Waals surface area contributed by atoms with Crippen molar-refractivity contribution in [2.24, 2.45) is 0 Å². The van der Waals surface area contributed by atoms with Crippen molar-refractivity contribution in [3.63, 3.8) is 0 Å². The Labute approximate surface area is 127 Å². The number of carbonyl (C=O) groups is 1. The fourth-order valence-corrected chi connectivity index (χ4v) is 2.76. The number of hydrogen-bond donors (Lipinski definition) is 1. The van der Waals surface area contributed by atoms with Crippen molar-refractivity contribution in [2.45, 2.75) is 39.3 Å². The van der Waals surface area contributed by atoms with Gasteiger partial charge in [0.05, 0.1) is 0 Å². The zero-order valence-electron chi connectivity index (χ0n) is 13.1. The molecule has 1 aromatic carbocycles. The second kappa shape index (κ2) is 7.57. The number of hydrogen-bond acceptors (Lipinski definition) is 3. The zero-order chi connectivity index (χ0) is 15.2. The van der Waals surface area contributed by atoms with Gasteiger partial charge in [-0.1, -0.05) is 24.3 Å². The summed E-state index contributed by atoms with van der Waals surface area (Å²) in [5.41, 5.74) is 2.41. The van der Waals surface area contributed by atoms with Gasteiger partial charge in [-0.3, -0.25) is 14.6 Å². The Morgan fingerprint density at radius 3 is 2.19 bits per heavy atom. The summed E-state index contributed by atoms with van der Waals surface area (Å²) in [7, 11) is 0. The molecular weight excluding hydrogens is 264 g/mol. The minimum absolute atomic E-state index is 0.205. The van der Waals surface area contributed by atoms with Crippen LogP contribution in [0.3, 0.4) is 0 Å². The largest absolute Gasteiger partial charge is 0.481 e. The molecule has 1 aliphatic heterocycles. The second-order valence-electron chi connectivity index (χ2n) is 6.12. The van der Waals surface area contributed by atoms with E-state index in [4.69, 9.17) is 5.11 Å². The number of aliphatic carboxylic acids is 1. The van der Waals surface area contributed by atoms with E-state index in [2.05, 4.69) is 47.9 Å². The van der Waals surface area contributed by atoms with E-state index in [1.807, 2.05) is 0 Å². The highest BCUT2D eigenvalue weighted by molar-refractivity contribution is 5.67. The molecule has 0 saturated carbocycles. The van der Waals surface area contributed by atoms with Gasteiger partial charge in [-0.2, -0.15) is 0 Å². The molecule has 1 heterocycles. The summed E-state index contributed by atoms with van der Waals surface area (Å²) in [6.45, 7) is 10.0. The topological polar surface area (TPSA) is 43.8 Å². The smallest absolute Gasteiger partial charge is 0.303 e. The lowest BCUT2D eigenvalue weighted by Crippen LogP contribution is -2.48. The summed E-state index contributed by atoms with van der Waals surface area (Å²) >= 11 is 0. The van der Waals surface area contributed by atoms with E-state index in [1.54, 1.807) is 0 Å². The van der Waals surface area contributed by atoms with Gasteiger partial charge in [-0.25, -0.2) is 0 Å². The summed E-state index contributed by atoms with van der Waals surface area (Å²) in [5.74, 6) is -0.734. The number of benzene rings is 1. The molecular formula is C17H26N2O2. The highest BCUT2D eigenvalue weighted by atomic mass is 16.4. The van der Waals surface area contributed by atoms with Crippen LogP contribution in [0.15, 0.2) is 24.3 Å². The molecule has 1 saturated heterocycles. The molecule has 0 aromatic heterocycles. The minimum Gasteiger partial charge on any atom is -0.481 e. The molecule has 21 heavy (non-hydrogen) atoms. The molecule has 1 aliphatic rings. The first kappa shape index (κ1) is 16.0. The third-order valence-electron chi connectivity index (χ3n) is 4.19. The van der Waals surface area contributed by atoms with Gasteiger partial charge >= 0.3 is 5.97 Å². The standard InChI is InChI=1S/C17H26N2O2/c1-14(2)19-11-9-18(10-12-19)13-16-5-3-15(4-6-16)7-8-17(20)21/h3-6,14H,7-13H2,1-2H3,(H,20,21). The molecule has 0 unspecified atom stereocenters. The molecule has 116 valence electrons. The van der Waals surface area contributed by atoms with Crippen LogP contribution in [0.1, 0.15) is 31.4 Å². The fourth-order valence-electron chi connectivity index (χ4n) is 2.76. The number of carboxylic acid groups (broad SMARTS) is 1. The predicted octanol–water partition coefficient (Wildman–Crippen LogP) is 2.23. The Bertz CT molecular complexity index is 448. The molecule has 0 atom stereocenters. The highest BCUT2D eigenvalue weighted by Gasteiger charge is 2.18. The molecule has 1 aromatic rings. The van der Waals surface area contributed by atoms with E-state index in [9.17, 15) is 4.79 Å². The van der Waals surface area contributed by atoms with Gasteiger partial charge in [0, 0.05) is 45.2 Å². The Hall–Kier alpha value is -1.39. The van der Waals surface area contributed by atoms with Gasteiger partial charge in [0.25, 0.3) is 0 Å². The van der Waals surface area contributed by atoms with Crippen LogP contribution >= 0.6 is 0 Å². The maximum atomic E-state index is 10.6. The fraction of sp³-hybridized carbons (Fsp3) is 0.588. The van der Waals surface area contributed by atoms with Crippen LogP contribution in [0.4, 0.5) is 0 Å². The molecule has 4 nitrogen and oxygen atoms in total. The van der Waals surface area contributed by atoms with Crippen LogP contribution < -0.4 is 0 Å². The van der Waals surface area contributed by atoms with Gasteiger partial charge in [-0.05, 0) is 31.4 Å². The summed E-state index contributed by atoms with van der Waals surface area (Å²) in [5, 5.41) is 8.70. The summed E-state index contributed by atoms with van der Waals surface area (Å²) in [6, 6.07) is 9.02. The van der Waals surface area contributed by atoms with Crippen molar-refractivity contribution >= 4 is 5.97 Å².